The van der Waals surface area contributed by atoms with Gasteiger partial charge in [0.2, 0.25) is 0 Å². The zero-order valence-corrected chi connectivity index (χ0v) is 12.3. The van der Waals surface area contributed by atoms with Gasteiger partial charge in [-0.3, -0.25) is 4.79 Å². The fraction of sp³-hybridized carbons (Fsp3) is 0.462. The molecule has 0 unspecified atom stereocenters. The van der Waals surface area contributed by atoms with Crippen LogP contribution in [0, 0.1) is 6.92 Å². The molecule has 1 amide bonds. The maximum Gasteiger partial charge on any atom is 0.253 e. The van der Waals surface area contributed by atoms with E-state index in [9.17, 15) is 4.79 Å². The Labute approximate surface area is 115 Å². The monoisotopic (exact) mass is 313 g/mol. The van der Waals surface area contributed by atoms with Crippen molar-refractivity contribution in [3.8, 4) is 0 Å². The van der Waals surface area contributed by atoms with Crippen LogP contribution in [0.5, 0.6) is 0 Å². The number of rotatable bonds is 1. The summed E-state index contributed by atoms with van der Waals surface area (Å²) in [4.78, 5) is 14.3. The molecule has 1 aromatic carbocycles. The first-order chi connectivity index (χ1) is 8.16. The lowest BCUT2D eigenvalue weighted by Gasteiger charge is -2.20. The molecule has 0 saturated carbocycles. The van der Waals surface area contributed by atoms with Gasteiger partial charge in [0.25, 0.3) is 5.91 Å². The second kappa shape index (κ2) is 5.91. The largest absolute Gasteiger partial charge is 0.338 e. The summed E-state index contributed by atoms with van der Waals surface area (Å²) in [7, 11) is 0. The summed E-state index contributed by atoms with van der Waals surface area (Å²) < 4.78 is 0.977. The Bertz CT molecular complexity index is 394. The van der Waals surface area contributed by atoms with Crippen LogP contribution >= 0.6 is 27.7 Å². The van der Waals surface area contributed by atoms with E-state index in [-0.39, 0.29) is 5.91 Å². The van der Waals surface area contributed by atoms with E-state index in [4.69, 9.17) is 0 Å². The number of carbonyl (C=O) groups is 1. The first-order valence-electron chi connectivity index (χ1n) is 5.81. The molecule has 2 nitrogen and oxygen atoms in total. The Morgan fingerprint density at radius 1 is 1.29 bits per heavy atom. The highest BCUT2D eigenvalue weighted by molar-refractivity contribution is 9.10. The first kappa shape index (κ1) is 13.0. The van der Waals surface area contributed by atoms with Gasteiger partial charge in [-0.1, -0.05) is 15.9 Å². The highest BCUT2D eigenvalue weighted by Crippen LogP contribution is 2.18. The molecular formula is C13H16BrNOS. The van der Waals surface area contributed by atoms with Crippen molar-refractivity contribution in [1.82, 2.24) is 4.90 Å². The molecule has 1 aliphatic rings. The molecule has 4 heteroatoms. The SMILES string of the molecule is Cc1cc(Br)cc(C(=O)N2CCCSCC2)c1. The predicted molar refractivity (Wildman–Crippen MR) is 76.7 cm³/mol. The molecule has 1 saturated heterocycles. The molecule has 17 heavy (non-hydrogen) atoms. The lowest BCUT2D eigenvalue weighted by Crippen LogP contribution is -2.32. The summed E-state index contributed by atoms with van der Waals surface area (Å²) in [6.07, 6.45) is 1.10. The van der Waals surface area contributed by atoms with Gasteiger partial charge in [-0.25, -0.2) is 0 Å². The number of amides is 1. The molecular weight excluding hydrogens is 298 g/mol. The number of halogens is 1. The standard InChI is InChI=1S/C13H16BrNOS/c1-10-7-11(9-12(14)8-10)13(16)15-3-2-5-17-6-4-15/h7-9H,2-6H2,1H3. The van der Waals surface area contributed by atoms with E-state index in [1.807, 2.05) is 41.8 Å². The van der Waals surface area contributed by atoms with Crippen LogP contribution in [0.25, 0.3) is 0 Å². The van der Waals surface area contributed by atoms with Crippen LogP contribution in [0.3, 0.4) is 0 Å². The highest BCUT2D eigenvalue weighted by atomic mass is 79.9. The molecule has 0 radical (unpaired) electrons. The summed E-state index contributed by atoms with van der Waals surface area (Å²) >= 11 is 5.38. The molecule has 1 aliphatic heterocycles. The van der Waals surface area contributed by atoms with Crippen molar-refractivity contribution in [3.05, 3.63) is 33.8 Å². The summed E-state index contributed by atoms with van der Waals surface area (Å²) in [5.74, 6) is 2.39. The number of carbonyl (C=O) groups excluding carboxylic acids is 1. The van der Waals surface area contributed by atoms with Crippen LogP contribution in [-0.2, 0) is 0 Å². The Kier molecular flexibility index (Phi) is 4.51. The van der Waals surface area contributed by atoms with Crippen molar-refractivity contribution in [2.75, 3.05) is 24.6 Å². The molecule has 0 spiro atoms. The number of thioether (sulfide) groups is 1. The van der Waals surface area contributed by atoms with E-state index in [1.54, 1.807) is 0 Å². The number of hydrogen-bond acceptors (Lipinski definition) is 2. The zero-order chi connectivity index (χ0) is 12.3. The Balaban J connectivity index is 2.17. The van der Waals surface area contributed by atoms with Gasteiger partial charge >= 0.3 is 0 Å². The molecule has 1 heterocycles. The molecule has 0 N–H and O–H groups in total. The Morgan fingerprint density at radius 3 is 2.88 bits per heavy atom. The van der Waals surface area contributed by atoms with E-state index >= 15 is 0 Å². The van der Waals surface area contributed by atoms with Crippen molar-refractivity contribution in [2.24, 2.45) is 0 Å². The number of benzene rings is 1. The average molecular weight is 314 g/mol. The third-order valence-electron chi connectivity index (χ3n) is 2.80. The molecule has 92 valence electrons. The molecule has 1 fully saturated rings. The fourth-order valence-electron chi connectivity index (χ4n) is 1.99. The van der Waals surface area contributed by atoms with E-state index in [2.05, 4.69) is 15.9 Å². The molecule has 0 atom stereocenters. The van der Waals surface area contributed by atoms with Gasteiger partial charge < -0.3 is 4.90 Å². The summed E-state index contributed by atoms with van der Waals surface area (Å²) in [5, 5.41) is 0. The van der Waals surface area contributed by atoms with Gasteiger partial charge in [0.05, 0.1) is 0 Å². The Hall–Kier alpha value is -0.480. The van der Waals surface area contributed by atoms with Crippen molar-refractivity contribution >= 4 is 33.6 Å². The minimum atomic E-state index is 0.164. The van der Waals surface area contributed by atoms with Gasteiger partial charge in [-0.2, -0.15) is 11.8 Å². The van der Waals surface area contributed by atoms with Crippen molar-refractivity contribution < 1.29 is 4.79 Å². The van der Waals surface area contributed by atoms with Crippen LogP contribution < -0.4 is 0 Å². The third kappa shape index (κ3) is 3.49. The molecule has 0 aliphatic carbocycles. The van der Waals surface area contributed by atoms with Gasteiger partial charge in [0, 0.05) is 28.9 Å². The molecule has 2 rings (SSSR count). The van der Waals surface area contributed by atoms with Crippen LogP contribution in [0.2, 0.25) is 0 Å². The number of aryl methyl sites for hydroxylation is 1. The summed E-state index contributed by atoms with van der Waals surface area (Å²) in [5.41, 5.74) is 1.91. The fourth-order valence-corrected chi connectivity index (χ4v) is 3.49. The molecule has 0 bridgehead atoms. The maximum absolute atomic E-state index is 12.4. The lowest BCUT2D eigenvalue weighted by atomic mass is 10.1. The second-order valence-electron chi connectivity index (χ2n) is 4.28. The molecule has 1 aromatic rings. The highest BCUT2D eigenvalue weighted by Gasteiger charge is 2.17. The first-order valence-corrected chi connectivity index (χ1v) is 7.76. The maximum atomic E-state index is 12.4. The average Bonchev–Trinajstić information content (AvgIpc) is 2.55. The number of hydrogen-bond donors (Lipinski definition) is 0. The smallest absolute Gasteiger partial charge is 0.253 e. The normalized spacial score (nSPS) is 16.7. The van der Waals surface area contributed by atoms with Crippen LogP contribution in [0.15, 0.2) is 22.7 Å². The lowest BCUT2D eigenvalue weighted by molar-refractivity contribution is 0.0768. The van der Waals surface area contributed by atoms with E-state index in [1.165, 1.54) is 5.75 Å². The van der Waals surface area contributed by atoms with Crippen LogP contribution in [0.4, 0.5) is 0 Å². The summed E-state index contributed by atoms with van der Waals surface area (Å²) in [6.45, 7) is 3.77. The second-order valence-corrected chi connectivity index (χ2v) is 6.42. The van der Waals surface area contributed by atoms with E-state index in [0.717, 1.165) is 40.9 Å². The topological polar surface area (TPSA) is 20.3 Å². The van der Waals surface area contributed by atoms with E-state index < -0.39 is 0 Å². The van der Waals surface area contributed by atoms with Crippen LogP contribution in [0.1, 0.15) is 22.3 Å². The van der Waals surface area contributed by atoms with Gasteiger partial charge in [0.1, 0.15) is 0 Å². The minimum absolute atomic E-state index is 0.164. The van der Waals surface area contributed by atoms with Crippen molar-refractivity contribution in [1.29, 1.82) is 0 Å². The number of nitrogens with zero attached hydrogens (tertiary/aromatic N) is 1. The minimum Gasteiger partial charge on any atom is -0.338 e. The van der Waals surface area contributed by atoms with E-state index in [0.29, 0.717) is 0 Å². The zero-order valence-electron chi connectivity index (χ0n) is 9.91. The summed E-state index contributed by atoms with van der Waals surface area (Å²) in [6, 6.07) is 5.90. The Morgan fingerprint density at radius 2 is 2.12 bits per heavy atom. The molecule has 0 aromatic heterocycles. The van der Waals surface area contributed by atoms with Crippen molar-refractivity contribution in [3.63, 3.8) is 0 Å². The third-order valence-corrected chi connectivity index (χ3v) is 4.30. The predicted octanol–water partition coefficient (Wildman–Crippen LogP) is 3.34. The van der Waals surface area contributed by atoms with Crippen LogP contribution in [-0.4, -0.2) is 35.4 Å². The van der Waals surface area contributed by atoms with Gasteiger partial charge in [-0.05, 0) is 42.9 Å². The van der Waals surface area contributed by atoms with Gasteiger partial charge in [-0.15, -0.1) is 0 Å². The quantitative estimate of drug-likeness (QED) is 0.792. The van der Waals surface area contributed by atoms with Gasteiger partial charge in [0.15, 0.2) is 0 Å². The van der Waals surface area contributed by atoms with Crippen molar-refractivity contribution in [2.45, 2.75) is 13.3 Å².